The van der Waals surface area contributed by atoms with Gasteiger partial charge in [0.1, 0.15) is 16.7 Å². The number of ether oxygens (including phenoxy) is 1. The molecule has 0 spiro atoms. The molecule has 2 heterocycles. The van der Waals surface area contributed by atoms with E-state index in [0.29, 0.717) is 18.3 Å². The van der Waals surface area contributed by atoms with Gasteiger partial charge in [-0.15, -0.1) is 0 Å². The molecule has 0 saturated heterocycles. The average Bonchev–Trinajstić information content (AvgIpc) is 2.98. The Balaban J connectivity index is 1.94. The normalized spacial score (nSPS) is 11.2. The van der Waals surface area contributed by atoms with E-state index in [1.807, 2.05) is 24.6 Å². The van der Waals surface area contributed by atoms with E-state index < -0.39 is 0 Å². The summed E-state index contributed by atoms with van der Waals surface area (Å²) in [6.45, 7) is 3.36. The maximum atomic E-state index is 6.02. The number of hydrogen-bond acceptors (Lipinski definition) is 2. The fourth-order valence-corrected chi connectivity index (χ4v) is 2.44. The Kier molecular flexibility index (Phi) is 3.40. The van der Waals surface area contributed by atoms with Crippen molar-refractivity contribution in [2.75, 3.05) is 6.61 Å². The van der Waals surface area contributed by atoms with Crippen LogP contribution in [0.5, 0.6) is 5.75 Å². The van der Waals surface area contributed by atoms with E-state index in [2.05, 4.69) is 33.9 Å². The monoisotopic (exact) mass is 289 g/mol. The molecule has 3 rings (SSSR count). The standard InChI is InChI=1S/C15H16ClN3O/c1-3-20-12-4-5-13-11(8-12)6-7-19(13)10-15-17-9-14(16)18(15)2/h4-9H,3,10H2,1-2H3. The third-order valence-electron chi connectivity index (χ3n) is 3.39. The van der Waals surface area contributed by atoms with E-state index in [1.165, 1.54) is 0 Å². The molecule has 0 aliphatic heterocycles. The highest BCUT2D eigenvalue weighted by Crippen LogP contribution is 2.23. The van der Waals surface area contributed by atoms with Crippen LogP contribution in [0, 0.1) is 0 Å². The molecule has 0 bridgehead atoms. The van der Waals surface area contributed by atoms with Crippen LogP contribution in [0.25, 0.3) is 10.9 Å². The molecule has 4 nitrogen and oxygen atoms in total. The quantitative estimate of drug-likeness (QED) is 0.736. The summed E-state index contributed by atoms with van der Waals surface area (Å²) in [6.07, 6.45) is 3.73. The maximum Gasteiger partial charge on any atom is 0.129 e. The van der Waals surface area contributed by atoms with Crippen molar-refractivity contribution in [2.45, 2.75) is 13.5 Å². The first-order valence-corrected chi connectivity index (χ1v) is 6.94. The Morgan fingerprint density at radius 3 is 2.85 bits per heavy atom. The van der Waals surface area contributed by atoms with Gasteiger partial charge in [0.25, 0.3) is 0 Å². The third-order valence-corrected chi connectivity index (χ3v) is 3.74. The molecule has 2 aromatic heterocycles. The second kappa shape index (κ2) is 5.21. The van der Waals surface area contributed by atoms with Crippen LogP contribution in [-0.4, -0.2) is 20.7 Å². The number of nitrogens with zero attached hydrogens (tertiary/aromatic N) is 3. The molecule has 3 aromatic rings. The summed E-state index contributed by atoms with van der Waals surface area (Å²) in [5, 5.41) is 1.81. The summed E-state index contributed by atoms with van der Waals surface area (Å²) in [5.74, 6) is 1.83. The summed E-state index contributed by atoms with van der Waals surface area (Å²) in [4.78, 5) is 4.33. The van der Waals surface area contributed by atoms with Crippen molar-refractivity contribution in [1.29, 1.82) is 0 Å². The second-order valence-electron chi connectivity index (χ2n) is 4.65. The predicted molar refractivity (Wildman–Crippen MR) is 80.4 cm³/mol. The number of fused-ring (bicyclic) bond motifs is 1. The minimum absolute atomic E-state index is 0.648. The second-order valence-corrected chi connectivity index (χ2v) is 5.04. The van der Waals surface area contributed by atoms with E-state index in [-0.39, 0.29) is 0 Å². The van der Waals surface area contributed by atoms with Crippen LogP contribution in [-0.2, 0) is 13.6 Å². The minimum atomic E-state index is 0.648. The van der Waals surface area contributed by atoms with Gasteiger partial charge < -0.3 is 13.9 Å². The molecular formula is C15H16ClN3O. The van der Waals surface area contributed by atoms with Crippen molar-refractivity contribution >= 4 is 22.5 Å². The number of halogens is 1. The van der Waals surface area contributed by atoms with E-state index >= 15 is 0 Å². The van der Waals surface area contributed by atoms with Crippen molar-refractivity contribution < 1.29 is 4.74 Å². The van der Waals surface area contributed by atoms with Crippen LogP contribution in [0.15, 0.2) is 36.7 Å². The maximum absolute atomic E-state index is 6.02. The van der Waals surface area contributed by atoms with Crippen LogP contribution in [0.3, 0.4) is 0 Å². The summed E-state index contributed by atoms with van der Waals surface area (Å²) in [6, 6.07) is 8.21. The fraction of sp³-hybridized carbons (Fsp3) is 0.267. The highest BCUT2D eigenvalue weighted by molar-refractivity contribution is 6.29. The molecule has 0 N–H and O–H groups in total. The predicted octanol–water partition coefficient (Wildman–Crippen LogP) is 3.48. The van der Waals surface area contributed by atoms with Crippen molar-refractivity contribution in [2.24, 2.45) is 7.05 Å². The van der Waals surface area contributed by atoms with Gasteiger partial charge in [-0.05, 0) is 31.2 Å². The molecule has 0 atom stereocenters. The van der Waals surface area contributed by atoms with Gasteiger partial charge in [0, 0.05) is 24.1 Å². The summed E-state index contributed by atoms with van der Waals surface area (Å²) < 4.78 is 9.57. The lowest BCUT2D eigenvalue weighted by Crippen LogP contribution is -2.05. The highest BCUT2D eigenvalue weighted by atomic mass is 35.5. The third kappa shape index (κ3) is 2.27. The first-order chi connectivity index (χ1) is 9.69. The van der Waals surface area contributed by atoms with Crippen molar-refractivity contribution in [3.63, 3.8) is 0 Å². The lowest BCUT2D eigenvalue weighted by Gasteiger charge is -2.07. The van der Waals surface area contributed by atoms with Gasteiger partial charge in [-0.3, -0.25) is 0 Å². The van der Waals surface area contributed by atoms with Crippen LogP contribution in [0.2, 0.25) is 5.15 Å². The molecule has 0 aliphatic rings. The molecule has 20 heavy (non-hydrogen) atoms. The smallest absolute Gasteiger partial charge is 0.129 e. The first-order valence-electron chi connectivity index (χ1n) is 6.57. The van der Waals surface area contributed by atoms with Crippen molar-refractivity contribution in [3.05, 3.63) is 47.6 Å². The summed E-state index contributed by atoms with van der Waals surface area (Å²) >= 11 is 6.02. The number of aromatic nitrogens is 3. The molecule has 0 radical (unpaired) electrons. The van der Waals surface area contributed by atoms with Crippen molar-refractivity contribution in [3.8, 4) is 5.75 Å². The van der Waals surface area contributed by atoms with E-state index in [0.717, 1.165) is 22.5 Å². The SMILES string of the molecule is CCOc1ccc2c(ccn2Cc2ncc(Cl)n2C)c1. The van der Waals surface area contributed by atoms with Crippen LogP contribution in [0.1, 0.15) is 12.7 Å². The molecule has 0 fully saturated rings. The van der Waals surface area contributed by atoms with Gasteiger partial charge in [-0.2, -0.15) is 0 Å². The zero-order chi connectivity index (χ0) is 14.1. The van der Waals surface area contributed by atoms with E-state index in [1.54, 1.807) is 6.20 Å². The molecular weight excluding hydrogens is 274 g/mol. The molecule has 1 aromatic carbocycles. The Labute approximate surface area is 122 Å². The summed E-state index contributed by atoms with van der Waals surface area (Å²) in [5.41, 5.74) is 1.16. The molecule has 0 aliphatic carbocycles. The Bertz CT molecular complexity index is 745. The lowest BCUT2D eigenvalue weighted by molar-refractivity contribution is 0.340. The zero-order valence-electron chi connectivity index (χ0n) is 11.5. The molecule has 5 heteroatoms. The Morgan fingerprint density at radius 1 is 1.30 bits per heavy atom. The van der Waals surface area contributed by atoms with Gasteiger partial charge >= 0.3 is 0 Å². The zero-order valence-corrected chi connectivity index (χ0v) is 12.3. The molecule has 0 unspecified atom stereocenters. The van der Waals surface area contributed by atoms with Gasteiger partial charge in [0.2, 0.25) is 0 Å². The van der Waals surface area contributed by atoms with Gasteiger partial charge in [-0.1, -0.05) is 11.6 Å². The van der Waals surface area contributed by atoms with Crippen LogP contribution >= 0.6 is 11.6 Å². The number of rotatable bonds is 4. The molecule has 0 saturated carbocycles. The number of benzene rings is 1. The van der Waals surface area contributed by atoms with Crippen LogP contribution < -0.4 is 4.74 Å². The van der Waals surface area contributed by atoms with E-state index in [9.17, 15) is 0 Å². The summed E-state index contributed by atoms with van der Waals surface area (Å²) in [7, 11) is 1.92. The van der Waals surface area contributed by atoms with Gasteiger partial charge in [0.05, 0.1) is 19.3 Å². The Hall–Kier alpha value is -1.94. The highest BCUT2D eigenvalue weighted by Gasteiger charge is 2.08. The largest absolute Gasteiger partial charge is 0.494 e. The topological polar surface area (TPSA) is 32.0 Å². The molecule has 104 valence electrons. The lowest BCUT2D eigenvalue weighted by atomic mass is 10.2. The van der Waals surface area contributed by atoms with Gasteiger partial charge in [-0.25, -0.2) is 4.98 Å². The van der Waals surface area contributed by atoms with Crippen LogP contribution in [0.4, 0.5) is 0 Å². The van der Waals surface area contributed by atoms with E-state index in [4.69, 9.17) is 16.3 Å². The first kappa shape index (κ1) is 13.1. The fourth-order valence-electron chi connectivity index (χ4n) is 2.30. The number of hydrogen-bond donors (Lipinski definition) is 0. The Morgan fingerprint density at radius 2 is 2.15 bits per heavy atom. The molecule has 0 amide bonds. The number of imidazole rings is 1. The average molecular weight is 290 g/mol. The minimum Gasteiger partial charge on any atom is -0.494 e. The van der Waals surface area contributed by atoms with Gasteiger partial charge in [0.15, 0.2) is 0 Å². The van der Waals surface area contributed by atoms with Crippen molar-refractivity contribution in [1.82, 2.24) is 14.1 Å².